The molecule has 1 unspecified atom stereocenters. The molecule has 2 aliphatic rings. The van der Waals surface area contributed by atoms with Crippen LogP contribution < -0.4 is 14.8 Å². The van der Waals surface area contributed by atoms with Crippen molar-refractivity contribution in [1.82, 2.24) is 0 Å². The van der Waals surface area contributed by atoms with Crippen LogP contribution in [-0.2, 0) is 21.6 Å². The van der Waals surface area contributed by atoms with Crippen LogP contribution in [0.5, 0.6) is 17.2 Å². The molecular weight excluding hydrogens is 474 g/mol. The van der Waals surface area contributed by atoms with E-state index in [-0.39, 0.29) is 25.6 Å². The van der Waals surface area contributed by atoms with E-state index in [1.165, 1.54) is 12.1 Å². The number of ether oxygens (including phenoxy) is 3. The number of amides is 1. The Morgan fingerprint density at radius 2 is 1.84 bits per heavy atom. The van der Waals surface area contributed by atoms with Gasteiger partial charge in [-0.1, -0.05) is 37.8 Å². The first-order valence-electron chi connectivity index (χ1n) is 11.7. The maximum absolute atomic E-state index is 13.6. The normalized spacial score (nSPS) is 15.2. The van der Waals surface area contributed by atoms with Crippen LogP contribution in [0.3, 0.4) is 0 Å². The number of aromatic hydroxyl groups is 1. The fraction of sp³-hybridized carbons (Fsp3) is 0.241. The van der Waals surface area contributed by atoms with Crippen molar-refractivity contribution in [2.75, 3.05) is 12.1 Å². The van der Waals surface area contributed by atoms with Crippen LogP contribution in [0.25, 0.3) is 0 Å². The Bertz CT molecular complexity index is 1450. The number of aliphatic hydroxyl groups is 1. The predicted octanol–water partition coefficient (Wildman–Crippen LogP) is 3.88. The van der Waals surface area contributed by atoms with Crippen LogP contribution in [0, 0.1) is 11.8 Å². The summed E-state index contributed by atoms with van der Waals surface area (Å²) >= 11 is 0. The maximum Gasteiger partial charge on any atom is 0.338 e. The quantitative estimate of drug-likeness (QED) is 0.361. The first kappa shape index (κ1) is 24.2. The monoisotopic (exact) mass is 499 g/mol. The molecule has 2 heterocycles. The molecule has 188 valence electrons. The van der Waals surface area contributed by atoms with Crippen molar-refractivity contribution in [1.29, 1.82) is 0 Å². The number of anilines is 1. The van der Waals surface area contributed by atoms with Crippen molar-refractivity contribution in [2.45, 2.75) is 37.9 Å². The molecule has 1 atom stereocenters. The van der Waals surface area contributed by atoms with Crippen molar-refractivity contribution in [3.8, 4) is 29.1 Å². The number of cyclic esters (lactones) is 1. The molecule has 0 bridgehead atoms. The molecule has 0 spiro atoms. The number of benzene rings is 3. The largest absolute Gasteiger partial charge is 0.508 e. The van der Waals surface area contributed by atoms with E-state index < -0.39 is 22.9 Å². The first-order chi connectivity index (χ1) is 17.6. The fourth-order valence-electron chi connectivity index (χ4n) is 4.55. The molecule has 37 heavy (non-hydrogen) atoms. The Morgan fingerprint density at radius 3 is 2.62 bits per heavy atom. The lowest BCUT2D eigenvalue weighted by Crippen LogP contribution is -2.46. The van der Waals surface area contributed by atoms with Crippen molar-refractivity contribution < 1.29 is 34.0 Å². The highest BCUT2D eigenvalue weighted by Crippen LogP contribution is 2.44. The van der Waals surface area contributed by atoms with E-state index in [9.17, 15) is 19.8 Å². The van der Waals surface area contributed by atoms with E-state index in [2.05, 4.69) is 17.2 Å². The fourth-order valence-corrected chi connectivity index (χ4v) is 4.55. The molecule has 0 saturated carbocycles. The Hall–Kier alpha value is -4.48. The second kappa shape index (κ2) is 9.19. The van der Waals surface area contributed by atoms with Crippen LogP contribution in [-0.4, -0.2) is 34.5 Å². The van der Waals surface area contributed by atoms with Gasteiger partial charge in [0.1, 0.15) is 12.4 Å². The Balaban J connectivity index is 1.48. The number of fused-ring (bicyclic) bond motifs is 2. The molecule has 0 aromatic heterocycles. The third-order valence-corrected chi connectivity index (χ3v) is 6.42. The molecule has 3 aromatic carbocycles. The number of phenols is 1. The Morgan fingerprint density at radius 1 is 1.05 bits per heavy atom. The smallest absolute Gasteiger partial charge is 0.338 e. The summed E-state index contributed by atoms with van der Waals surface area (Å²) in [5.74, 6) is 5.75. The van der Waals surface area contributed by atoms with Gasteiger partial charge in [-0.25, -0.2) is 4.79 Å². The van der Waals surface area contributed by atoms with Gasteiger partial charge in [-0.2, -0.15) is 0 Å². The van der Waals surface area contributed by atoms with Crippen LogP contribution in [0.2, 0.25) is 0 Å². The minimum atomic E-state index is -2.12. The molecule has 0 fully saturated rings. The molecular formula is C29H25NO7. The number of rotatable bonds is 5. The number of esters is 1. The lowest BCUT2D eigenvalue weighted by molar-refractivity contribution is -0.130. The minimum absolute atomic E-state index is 0.0662. The van der Waals surface area contributed by atoms with Crippen LogP contribution in [0.15, 0.2) is 60.7 Å². The summed E-state index contributed by atoms with van der Waals surface area (Å²) in [5, 5.41) is 24.1. The number of hydrogen-bond donors (Lipinski definition) is 3. The summed E-state index contributed by atoms with van der Waals surface area (Å²) in [6, 6.07) is 16.5. The molecule has 0 aliphatic carbocycles. The van der Waals surface area contributed by atoms with E-state index >= 15 is 0 Å². The number of para-hydroxylation sites is 1. The molecule has 8 nitrogen and oxygen atoms in total. The molecule has 3 aromatic rings. The zero-order valence-corrected chi connectivity index (χ0v) is 20.3. The number of carbonyl (C=O) groups excluding carboxylic acids is 2. The van der Waals surface area contributed by atoms with Gasteiger partial charge in [-0.3, -0.25) is 4.79 Å². The van der Waals surface area contributed by atoms with Gasteiger partial charge < -0.3 is 29.7 Å². The van der Waals surface area contributed by atoms with Gasteiger partial charge >= 0.3 is 5.97 Å². The number of carbonyl (C=O) groups is 2. The lowest BCUT2D eigenvalue weighted by atomic mass is 9.74. The zero-order chi connectivity index (χ0) is 26.2. The predicted molar refractivity (Wildman–Crippen MR) is 134 cm³/mol. The number of phenolic OH excluding ortho intramolecular Hbond substituents is 1. The molecule has 0 radical (unpaired) electrons. The van der Waals surface area contributed by atoms with E-state index in [0.717, 1.165) is 5.56 Å². The standard InChI is InChI=1S/C29H25NO7/c1-28(2,23-4-3-5-24-25(23)37-17-36-24)16-29(34,13-12-18-6-9-21(31)10-7-18)27(33)30-20-8-11-22-19(14-20)15-35-26(22)32/h3-11,14,31,34H,15-17H2,1-2H3,(H,30,33). The average molecular weight is 500 g/mol. The lowest BCUT2D eigenvalue weighted by Gasteiger charge is -2.33. The highest BCUT2D eigenvalue weighted by atomic mass is 16.7. The van der Waals surface area contributed by atoms with Gasteiger partial charge in [-0.05, 0) is 53.9 Å². The summed E-state index contributed by atoms with van der Waals surface area (Å²) in [4.78, 5) is 25.3. The summed E-state index contributed by atoms with van der Waals surface area (Å²) in [6.07, 6.45) is -0.0662. The Labute approximate surface area is 213 Å². The van der Waals surface area contributed by atoms with Gasteiger partial charge in [-0.15, -0.1) is 0 Å². The summed E-state index contributed by atoms with van der Waals surface area (Å²) in [7, 11) is 0. The summed E-state index contributed by atoms with van der Waals surface area (Å²) in [5.41, 5.74) is -0.0784. The van der Waals surface area contributed by atoms with Gasteiger partial charge in [0.05, 0.1) is 5.56 Å². The molecule has 3 N–H and O–H groups in total. The second-order valence-electron chi connectivity index (χ2n) is 9.66. The number of nitrogens with one attached hydrogen (secondary N) is 1. The molecule has 5 rings (SSSR count). The van der Waals surface area contributed by atoms with E-state index in [1.54, 1.807) is 36.4 Å². The highest BCUT2D eigenvalue weighted by Gasteiger charge is 2.42. The zero-order valence-electron chi connectivity index (χ0n) is 20.3. The summed E-state index contributed by atoms with van der Waals surface area (Å²) < 4.78 is 16.2. The van der Waals surface area contributed by atoms with Gasteiger partial charge in [0, 0.05) is 28.8 Å². The van der Waals surface area contributed by atoms with E-state index in [4.69, 9.17) is 14.2 Å². The summed E-state index contributed by atoms with van der Waals surface area (Å²) in [6.45, 7) is 4.00. The van der Waals surface area contributed by atoms with Gasteiger partial charge in [0.25, 0.3) is 5.91 Å². The third-order valence-electron chi connectivity index (χ3n) is 6.42. The van der Waals surface area contributed by atoms with Crippen LogP contribution in [0.4, 0.5) is 5.69 Å². The van der Waals surface area contributed by atoms with Crippen LogP contribution >= 0.6 is 0 Å². The van der Waals surface area contributed by atoms with Crippen molar-refractivity contribution >= 4 is 17.6 Å². The van der Waals surface area contributed by atoms with Crippen LogP contribution in [0.1, 0.15) is 47.3 Å². The van der Waals surface area contributed by atoms with Gasteiger partial charge in [0.2, 0.25) is 12.4 Å². The average Bonchev–Trinajstić information content (AvgIpc) is 3.49. The van der Waals surface area contributed by atoms with Crippen molar-refractivity contribution in [2.24, 2.45) is 0 Å². The molecule has 8 heteroatoms. The second-order valence-corrected chi connectivity index (χ2v) is 9.66. The van der Waals surface area contributed by atoms with E-state index in [1.807, 2.05) is 26.0 Å². The first-order valence-corrected chi connectivity index (χ1v) is 11.7. The van der Waals surface area contributed by atoms with Crippen molar-refractivity contribution in [3.63, 3.8) is 0 Å². The van der Waals surface area contributed by atoms with E-state index in [0.29, 0.717) is 33.9 Å². The molecule has 0 saturated heterocycles. The third kappa shape index (κ3) is 4.82. The maximum atomic E-state index is 13.6. The minimum Gasteiger partial charge on any atom is -0.508 e. The highest BCUT2D eigenvalue weighted by molar-refractivity contribution is 6.01. The topological polar surface area (TPSA) is 114 Å². The van der Waals surface area contributed by atoms with Crippen molar-refractivity contribution in [3.05, 3.63) is 82.9 Å². The van der Waals surface area contributed by atoms with Gasteiger partial charge in [0.15, 0.2) is 11.5 Å². The Kier molecular flexibility index (Phi) is 6.02. The SMILES string of the molecule is CC(C)(CC(O)(C#Cc1ccc(O)cc1)C(=O)Nc1ccc2c(c1)COC2=O)c1cccc2c1OCO2. The number of hydrogen-bond acceptors (Lipinski definition) is 7. The molecule has 1 amide bonds. The molecule has 2 aliphatic heterocycles.